The van der Waals surface area contributed by atoms with Gasteiger partial charge in [-0.15, -0.1) is 0 Å². The maximum atomic E-state index is 12.0. The number of rotatable bonds is 5. The van der Waals surface area contributed by atoms with Crippen LogP contribution >= 0.6 is 0 Å². The number of furan rings is 1. The minimum absolute atomic E-state index is 0.112. The van der Waals surface area contributed by atoms with Crippen LogP contribution in [0.5, 0.6) is 0 Å². The predicted octanol–water partition coefficient (Wildman–Crippen LogP) is 2.29. The van der Waals surface area contributed by atoms with Gasteiger partial charge in [-0.25, -0.2) is 4.79 Å². The molecule has 6 nitrogen and oxygen atoms in total. The molecule has 0 bridgehead atoms. The van der Waals surface area contributed by atoms with Gasteiger partial charge in [-0.1, -0.05) is 6.07 Å². The average Bonchev–Trinajstić information content (AvgIpc) is 2.86. The van der Waals surface area contributed by atoms with E-state index in [0.717, 1.165) is 0 Å². The van der Waals surface area contributed by atoms with Crippen LogP contribution in [-0.2, 0) is 6.54 Å². The zero-order valence-corrected chi connectivity index (χ0v) is 11.8. The molecule has 0 aliphatic rings. The number of hydrogen-bond donors (Lipinski definition) is 2. The van der Waals surface area contributed by atoms with Crippen LogP contribution in [0, 0.1) is 0 Å². The van der Waals surface area contributed by atoms with Crippen molar-refractivity contribution in [2.45, 2.75) is 6.54 Å². The van der Waals surface area contributed by atoms with Crippen molar-refractivity contribution in [2.24, 2.45) is 0 Å². The standard InChI is InChI=1S/C15H16N2O4/c1-17(2)9-12-6-7-13(21-12)14(18)16-11-5-3-4-10(8-11)15(19)20/h3-8H,9H2,1-2H3,(H,16,18)(H,19,20). The van der Waals surface area contributed by atoms with Crippen LogP contribution in [0.15, 0.2) is 40.8 Å². The molecule has 0 aliphatic heterocycles. The molecule has 1 aromatic carbocycles. The summed E-state index contributed by atoms with van der Waals surface area (Å²) in [5.41, 5.74) is 0.519. The lowest BCUT2D eigenvalue weighted by Crippen LogP contribution is -2.12. The Labute approximate surface area is 122 Å². The topological polar surface area (TPSA) is 82.8 Å². The van der Waals surface area contributed by atoms with Crippen LogP contribution in [0.2, 0.25) is 0 Å². The maximum Gasteiger partial charge on any atom is 0.335 e. The molecule has 0 atom stereocenters. The zero-order valence-electron chi connectivity index (χ0n) is 11.8. The maximum absolute atomic E-state index is 12.0. The Kier molecular flexibility index (Phi) is 4.39. The van der Waals surface area contributed by atoms with Crippen LogP contribution < -0.4 is 5.32 Å². The minimum Gasteiger partial charge on any atom is -0.478 e. The van der Waals surface area contributed by atoms with Gasteiger partial charge in [0.05, 0.1) is 12.1 Å². The second kappa shape index (κ2) is 6.23. The predicted molar refractivity (Wildman–Crippen MR) is 77.5 cm³/mol. The molecule has 110 valence electrons. The highest BCUT2D eigenvalue weighted by Crippen LogP contribution is 2.14. The SMILES string of the molecule is CN(C)Cc1ccc(C(=O)Nc2cccc(C(=O)O)c2)o1. The van der Waals surface area contributed by atoms with Crippen LogP contribution in [0.4, 0.5) is 5.69 Å². The highest BCUT2D eigenvalue weighted by molar-refractivity contribution is 6.02. The number of amides is 1. The van der Waals surface area contributed by atoms with E-state index in [2.05, 4.69) is 5.32 Å². The van der Waals surface area contributed by atoms with Gasteiger partial charge in [0.1, 0.15) is 5.76 Å². The van der Waals surface area contributed by atoms with Crippen molar-refractivity contribution in [3.63, 3.8) is 0 Å². The molecule has 21 heavy (non-hydrogen) atoms. The monoisotopic (exact) mass is 288 g/mol. The molecular formula is C15H16N2O4. The Morgan fingerprint density at radius 2 is 2.00 bits per heavy atom. The third-order valence-electron chi connectivity index (χ3n) is 2.72. The summed E-state index contributed by atoms with van der Waals surface area (Å²) in [6.45, 7) is 0.599. The van der Waals surface area contributed by atoms with Crippen molar-refractivity contribution in [1.82, 2.24) is 4.90 Å². The van der Waals surface area contributed by atoms with Gasteiger partial charge < -0.3 is 19.7 Å². The summed E-state index contributed by atoms with van der Waals surface area (Å²) < 4.78 is 5.44. The molecule has 2 N–H and O–H groups in total. The lowest BCUT2D eigenvalue weighted by molar-refractivity contribution is 0.0696. The van der Waals surface area contributed by atoms with E-state index in [1.807, 2.05) is 19.0 Å². The van der Waals surface area contributed by atoms with E-state index in [1.165, 1.54) is 12.1 Å². The van der Waals surface area contributed by atoms with Gasteiger partial charge in [-0.2, -0.15) is 0 Å². The van der Waals surface area contributed by atoms with Gasteiger partial charge in [-0.3, -0.25) is 4.79 Å². The number of nitrogens with zero attached hydrogens (tertiary/aromatic N) is 1. The van der Waals surface area contributed by atoms with Crippen molar-refractivity contribution in [3.8, 4) is 0 Å². The van der Waals surface area contributed by atoms with Gasteiger partial charge >= 0.3 is 5.97 Å². The van der Waals surface area contributed by atoms with Crippen molar-refractivity contribution in [2.75, 3.05) is 19.4 Å². The molecule has 0 saturated heterocycles. The van der Waals surface area contributed by atoms with E-state index < -0.39 is 11.9 Å². The fourth-order valence-electron chi connectivity index (χ4n) is 1.82. The molecule has 1 amide bonds. The molecule has 0 unspecified atom stereocenters. The number of carboxylic acid groups (broad SMARTS) is 1. The first kappa shape index (κ1) is 14.8. The van der Waals surface area contributed by atoms with Crippen molar-refractivity contribution in [3.05, 3.63) is 53.5 Å². The molecule has 0 saturated carbocycles. The quantitative estimate of drug-likeness (QED) is 0.882. The van der Waals surface area contributed by atoms with E-state index in [-0.39, 0.29) is 11.3 Å². The number of hydrogen-bond acceptors (Lipinski definition) is 4. The molecule has 0 radical (unpaired) electrons. The number of nitrogens with one attached hydrogen (secondary N) is 1. The van der Waals surface area contributed by atoms with Gasteiger partial charge in [0.15, 0.2) is 5.76 Å². The molecule has 0 aliphatic carbocycles. The average molecular weight is 288 g/mol. The first-order valence-corrected chi connectivity index (χ1v) is 6.34. The molecule has 1 aromatic heterocycles. The smallest absolute Gasteiger partial charge is 0.335 e. The molecular weight excluding hydrogens is 272 g/mol. The Bertz CT molecular complexity index is 661. The number of carboxylic acids is 1. The first-order valence-electron chi connectivity index (χ1n) is 6.34. The number of aromatic carboxylic acids is 1. The van der Waals surface area contributed by atoms with Crippen molar-refractivity contribution < 1.29 is 19.1 Å². The van der Waals surface area contributed by atoms with Crippen LogP contribution in [-0.4, -0.2) is 36.0 Å². The van der Waals surface area contributed by atoms with E-state index >= 15 is 0 Å². The summed E-state index contributed by atoms with van der Waals surface area (Å²) >= 11 is 0. The number of carbonyl (C=O) groups excluding carboxylic acids is 1. The highest BCUT2D eigenvalue weighted by atomic mass is 16.4. The normalized spacial score (nSPS) is 10.6. The fourth-order valence-corrected chi connectivity index (χ4v) is 1.82. The van der Waals surface area contributed by atoms with Crippen molar-refractivity contribution >= 4 is 17.6 Å². The second-order valence-corrected chi connectivity index (χ2v) is 4.84. The van der Waals surface area contributed by atoms with E-state index in [4.69, 9.17) is 9.52 Å². The number of anilines is 1. The Balaban J connectivity index is 2.09. The van der Waals surface area contributed by atoms with Gasteiger partial charge in [0.2, 0.25) is 0 Å². The zero-order chi connectivity index (χ0) is 15.4. The first-order chi connectivity index (χ1) is 9.95. The number of benzene rings is 1. The summed E-state index contributed by atoms with van der Waals surface area (Å²) in [5.74, 6) is -0.586. The van der Waals surface area contributed by atoms with Gasteiger partial charge in [-0.05, 0) is 44.4 Å². The highest BCUT2D eigenvalue weighted by Gasteiger charge is 2.12. The summed E-state index contributed by atoms with van der Waals surface area (Å²) in [7, 11) is 3.80. The summed E-state index contributed by atoms with van der Waals surface area (Å²) in [5, 5.41) is 11.5. The Morgan fingerprint density at radius 3 is 2.67 bits per heavy atom. The minimum atomic E-state index is -1.04. The lowest BCUT2D eigenvalue weighted by Gasteiger charge is -2.06. The molecule has 6 heteroatoms. The third kappa shape index (κ3) is 3.93. The summed E-state index contributed by atoms with van der Waals surface area (Å²) in [6, 6.07) is 9.37. The third-order valence-corrected chi connectivity index (χ3v) is 2.72. The van der Waals surface area contributed by atoms with Gasteiger partial charge in [0, 0.05) is 5.69 Å². The van der Waals surface area contributed by atoms with Gasteiger partial charge in [0.25, 0.3) is 5.91 Å². The number of carbonyl (C=O) groups is 2. The van der Waals surface area contributed by atoms with E-state index in [0.29, 0.717) is 18.0 Å². The summed E-state index contributed by atoms with van der Waals surface area (Å²) in [6.07, 6.45) is 0. The van der Waals surface area contributed by atoms with Crippen LogP contribution in [0.25, 0.3) is 0 Å². The van der Waals surface area contributed by atoms with Crippen LogP contribution in [0.1, 0.15) is 26.7 Å². The van der Waals surface area contributed by atoms with Crippen LogP contribution in [0.3, 0.4) is 0 Å². The molecule has 1 heterocycles. The van der Waals surface area contributed by atoms with Crippen molar-refractivity contribution in [1.29, 1.82) is 0 Å². The molecule has 2 aromatic rings. The molecule has 0 fully saturated rings. The van der Waals surface area contributed by atoms with E-state index in [1.54, 1.807) is 24.3 Å². The Morgan fingerprint density at radius 1 is 1.24 bits per heavy atom. The second-order valence-electron chi connectivity index (χ2n) is 4.84. The Hall–Kier alpha value is -2.60. The molecule has 2 rings (SSSR count). The molecule has 0 spiro atoms. The largest absolute Gasteiger partial charge is 0.478 e. The summed E-state index contributed by atoms with van der Waals surface area (Å²) in [4.78, 5) is 24.8. The fraction of sp³-hybridized carbons (Fsp3) is 0.200. The lowest BCUT2D eigenvalue weighted by atomic mass is 10.2. The van der Waals surface area contributed by atoms with E-state index in [9.17, 15) is 9.59 Å².